The number of urea groups is 1. The number of anilines is 1. The Hall–Kier alpha value is -3.75. The fourth-order valence-corrected chi connectivity index (χ4v) is 2.79. The third kappa shape index (κ3) is 5.86. The largest absolute Gasteiger partial charge is 0.454 e. The maximum Gasteiger partial charge on any atom is 0.319 e. The molecule has 0 spiro atoms. The Morgan fingerprint density at radius 3 is 2.55 bits per heavy atom. The Kier molecular flexibility index (Phi) is 6.51. The van der Waals surface area contributed by atoms with Gasteiger partial charge in [-0.2, -0.15) is 0 Å². The first-order valence-corrected chi connectivity index (χ1v) is 9.08. The summed E-state index contributed by atoms with van der Waals surface area (Å²) in [7, 11) is 0. The van der Waals surface area contributed by atoms with Gasteiger partial charge in [-0.05, 0) is 17.7 Å². The van der Waals surface area contributed by atoms with Crippen LogP contribution in [-0.2, 0) is 16.0 Å². The molecule has 9 heteroatoms. The summed E-state index contributed by atoms with van der Waals surface area (Å²) >= 11 is 0. The van der Waals surface area contributed by atoms with E-state index in [2.05, 4.69) is 16.0 Å². The van der Waals surface area contributed by atoms with Gasteiger partial charge in [0, 0.05) is 31.1 Å². The maximum atomic E-state index is 12.5. The van der Waals surface area contributed by atoms with Crippen LogP contribution in [-0.4, -0.2) is 37.2 Å². The Morgan fingerprint density at radius 2 is 1.79 bits per heavy atom. The van der Waals surface area contributed by atoms with Crippen molar-refractivity contribution < 1.29 is 23.9 Å². The quantitative estimate of drug-likeness (QED) is 0.529. The van der Waals surface area contributed by atoms with Gasteiger partial charge in [0.15, 0.2) is 11.5 Å². The van der Waals surface area contributed by atoms with Crippen LogP contribution in [0.2, 0.25) is 0 Å². The van der Waals surface area contributed by atoms with Crippen molar-refractivity contribution in [3.8, 4) is 11.5 Å². The molecule has 0 fully saturated rings. The van der Waals surface area contributed by atoms with Gasteiger partial charge in [-0.3, -0.25) is 9.59 Å². The first kappa shape index (κ1) is 20.0. The van der Waals surface area contributed by atoms with Crippen LogP contribution in [0.3, 0.4) is 0 Å². The van der Waals surface area contributed by atoms with Crippen molar-refractivity contribution in [1.29, 1.82) is 0 Å². The smallest absolute Gasteiger partial charge is 0.319 e. The zero-order chi connectivity index (χ0) is 20.6. The molecule has 152 valence electrons. The van der Waals surface area contributed by atoms with Gasteiger partial charge in [-0.15, -0.1) is 0 Å². The molecular weight excluding hydrogens is 376 g/mol. The standard InChI is InChI=1S/C20H22N4O5/c21-18(25)8-9-22-19(26)15(10-13-4-2-1-3-5-13)24-20(27)23-14-6-7-16-17(11-14)29-12-28-16/h1-7,11,15H,8-10,12H2,(H2,21,25)(H,22,26)(H2,23,24,27)/t15-/m0/s1. The van der Waals surface area contributed by atoms with Gasteiger partial charge in [0.25, 0.3) is 0 Å². The lowest BCUT2D eigenvalue weighted by Crippen LogP contribution is -2.49. The first-order chi connectivity index (χ1) is 14.0. The summed E-state index contributed by atoms with van der Waals surface area (Å²) in [5.74, 6) is 0.217. The number of amides is 4. The molecule has 4 amide bonds. The molecule has 5 N–H and O–H groups in total. The summed E-state index contributed by atoms with van der Waals surface area (Å²) in [6, 6.07) is 12.9. The van der Waals surface area contributed by atoms with E-state index in [-0.39, 0.29) is 26.2 Å². The molecule has 1 heterocycles. The summed E-state index contributed by atoms with van der Waals surface area (Å²) in [4.78, 5) is 35.9. The average molecular weight is 398 g/mol. The molecule has 1 aliphatic rings. The number of nitrogens with two attached hydrogens (primary N) is 1. The van der Waals surface area contributed by atoms with Gasteiger partial charge in [0.1, 0.15) is 6.04 Å². The molecule has 2 aromatic rings. The third-order valence-corrected chi connectivity index (χ3v) is 4.21. The molecule has 9 nitrogen and oxygen atoms in total. The summed E-state index contributed by atoms with van der Waals surface area (Å²) in [6.45, 7) is 0.237. The fourth-order valence-electron chi connectivity index (χ4n) is 2.79. The Bertz CT molecular complexity index is 888. The highest BCUT2D eigenvalue weighted by Gasteiger charge is 2.22. The zero-order valence-corrected chi connectivity index (χ0v) is 15.6. The predicted octanol–water partition coefficient (Wildman–Crippen LogP) is 1.14. The maximum absolute atomic E-state index is 12.5. The SMILES string of the molecule is NC(=O)CCNC(=O)[C@H](Cc1ccccc1)NC(=O)Nc1ccc2c(c1)OCO2. The second-order valence-electron chi connectivity index (χ2n) is 6.42. The van der Waals surface area contributed by atoms with Crippen LogP contribution in [0.4, 0.5) is 10.5 Å². The summed E-state index contributed by atoms with van der Waals surface area (Å²) in [5, 5.41) is 7.97. The van der Waals surface area contributed by atoms with E-state index < -0.39 is 23.9 Å². The van der Waals surface area contributed by atoms with Crippen LogP contribution in [0, 0.1) is 0 Å². The van der Waals surface area contributed by atoms with Crippen LogP contribution in [0.15, 0.2) is 48.5 Å². The van der Waals surface area contributed by atoms with Gasteiger partial charge in [0.2, 0.25) is 18.6 Å². The summed E-state index contributed by atoms with van der Waals surface area (Å²) < 4.78 is 10.5. The highest BCUT2D eigenvalue weighted by molar-refractivity contribution is 5.94. The van der Waals surface area contributed by atoms with E-state index in [1.54, 1.807) is 18.2 Å². The van der Waals surface area contributed by atoms with Gasteiger partial charge >= 0.3 is 6.03 Å². The van der Waals surface area contributed by atoms with Crippen molar-refractivity contribution in [2.45, 2.75) is 18.9 Å². The van der Waals surface area contributed by atoms with E-state index in [0.717, 1.165) is 5.56 Å². The molecule has 29 heavy (non-hydrogen) atoms. The van der Waals surface area contributed by atoms with E-state index in [1.165, 1.54) is 0 Å². The molecule has 0 bridgehead atoms. The minimum absolute atomic E-state index is 0.0210. The molecule has 1 aliphatic heterocycles. The van der Waals surface area contributed by atoms with E-state index in [1.807, 2.05) is 30.3 Å². The number of fused-ring (bicyclic) bond motifs is 1. The molecule has 0 unspecified atom stereocenters. The number of carbonyl (C=O) groups is 3. The predicted molar refractivity (Wildman–Crippen MR) is 105 cm³/mol. The Balaban J connectivity index is 1.63. The van der Waals surface area contributed by atoms with Crippen LogP contribution in [0.5, 0.6) is 11.5 Å². The van der Waals surface area contributed by atoms with Crippen molar-refractivity contribution in [3.63, 3.8) is 0 Å². The van der Waals surface area contributed by atoms with Crippen LogP contribution < -0.4 is 31.2 Å². The monoisotopic (exact) mass is 398 g/mol. The van der Waals surface area contributed by atoms with E-state index in [4.69, 9.17) is 15.2 Å². The first-order valence-electron chi connectivity index (χ1n) is 9.08. The normalized spacial score (nSPS) is 12.7. The number of ether oxygens (including phenoxy) is 2. The lowest BCUT2D eigenvalue weighted by Gasteiger charge is -2.19. The Labute approximate surface area is 167 Å². The lowest BCUT2D eigenvalue weighted by molar-refractivity contribution is -0.123. The lowest BCUT2D eigenvalue weighted by atomic mass is 10.1. The van der Waals surface area contributed by atoms with E-state index in [9.17, 15) is 14.4 Å². The molecule has 0 saturated carbocycles. The average Bonchev–Trinajstić information content (AvgIpc) is 3.15. The number of hydrogen-bond acceptors (Lipinski definition) is 5. The fraction of sp³-hybridized carbons (Fsp3) is 0.250. The number of benzene rings is 2. The topological polar surface area (TPSA) is 132 Å². The van der Waals surface area contributed by atoms with Gasteiger partial charge in [-0.25, -0.2) is 4.79 Å². The molecular formula is C20H22N4O5. The number of primary amides is 1. The minimum Gasteiger partial charge on any atom is -0.454 e. The molecule has 3 rings (SSSR count). The number of rotatable bonds is 8. The molecule has 1 atom stereocenters. The van der Waals surface area contributed by atoms with Crippen molar-refractivity contribution in [1.82, 2.24) is 10.6 Å². The van der Waals surface area contributed by atoms with E-state index >= 15 is 0 Å². The zero-order valence-electron chi connectivity index (χ0n) is 15.6. The summed E-state index contributed by atoms with van der Waals surface area (Å²) in [6.07, 6.45) is 0.311. The highest BCUT2D eigenvalue weighted by atomic mass is 16.7. The van der Waals surface area contributed by atoms with Crippen LogP contribution in [0.1, 0.15) is 12.0 Å². The second kappa shape index (κ2) is 9.45. The highest BCUT2D eigenvalue weighted by Crippen LogP contribution is 2.34. The summed E-state index contributed by atoms with van der Waals surface area (Å²) in [5.41, 5.74) is 6.47. The minimum atomic E-state index is -0.834. The van der Waals surface area contributed by atoms with Crippen LogP contribution >= 0.6 is 0 Å². The third-order valence-electron chi connectivity index (χ3n) is 4.21. The van der Waals surface area contributed by atoms with Gasteiger partial charge in [-0.1, -0.05) is 30.3 Å². The van der Waals surface area contributed by atoms with Crippen molar-refractivity contribution >= 4 is 23.5 Å². The Morgan fingerprint density at radius 1 is 1.03 bits per heavy atom. The second-order valence-corrected chi connectivity index (χ2v) is 6.42. The van der Waals surface area contributed by atoms with Crippen molar-refractivity contribution in [2.75, 3.05) is 18.7 Å². The van der Waals surface area contributed by atoms with Crippen molar-refractivity contribution in [3.05, 3.63) is 54.1 Å². The molecule has 0 aliphatic carbocycles. The van der Waals surface area contributed by atoms with E-state index in [0.29, 0.717) is 17.2 Å². The number of hydrogen-bond donors (Lipinski definition) is 4. The number of carbonyl (C=O) groups excluding carboxylic acids is 3. The molecule has 0 radical (unpaired) electrons. The molecule has 0 aromatic heterocycles. The number of nitrogens with one attached hydrogen (secondary N) is 3. The van der Waals surface area contributed by atoms with Gasteiger partial charge < -0.3 is 31.2 Å². The molecule has 0 saturated heterocycles. The van der Waals surface area contributed by atoms with Crippen LogP contribution in [0.25, 0.3) is 0 Å². The van der Waals surface area contributed by atoms with Gasteiger partial charge in [0.05, 0.1) is 0 Å². The van der Waals surface area contributed by atoms with Crippen molar-refractivity contribution in [2.24, 2.45) is 5.73 Å². The molecule has 2 aromatic carbocycles.